The summed E-state index contributed by atoms with van der Waals surface area (Å²) in [6.45, 7) is 4.35. The second-order valence-corrected chi connectivity index (χ2v) is 7.21. The maximum absolute atomic E-state index is 12.0. The van der Waals surface area contributed by atoms with Gasteiger partial charge in [-0.15, -0.1) is 0 Å². The van der Waals surface area contributed by atoms with Crippen LogP contribution >= 0.6 is 0 Å². The molecule has 110 valence electrons. The Kier molecular flexibility index (Phi) is 4.67. The van der Waals surface area contributed by atoms with Gasteiger partial charge in [-0.3, -0.25) is 4.79 Å². The summed E-state index contributed by atoms with van der Waals surface area (Å²) >= 11 is 0. The summed E-state index contributed by atoms with van der Waals surface area (Å²) in [7, 11) is 6.58. The summed E-state index contributed by atoms with van der Waals surface area (Å²) in [6, 6.07) is 0. The van der Waals surface area contributed by atoms with Crippen molar-refractivity contribution in [1.29, 1.82) is 0 Å². The van der Waals surface area contributed by atoms with E-state index >= 15 is 0 Å². The van der Waals surface area contributed by atoms with E-state index in [0.717, 1.165) is 38.3 Å². The van der Waals surface area contributed by atoms with E-state index in [1.54, 1.807) is 0 Å². The number of rotatable bonds is 5. The Bertz CT molecular complexity index is 323. The highest BCUT2D eigenvalue weighted by molar-refractivity contribution is 5.81. The smallest absolute Gasteiger partial charge is 0.137 e. The lowest BCUT2D eigenvalue weighted by Gasteiger charge is -2.49. The fourth-order valence-electron chi connectivity index (χ4n) is 3.78. The average molecular weight is 266 g/mol. The van der Waals surface area contributed by atoms with Crippen molar-refractivity contribution in [2.45, 2.75) is 51.0 Å². The van der Waals surface area contributed by atoms with Gasteiger partial charge >= 0.3 is 0 Å². The molecule has 0 aromatic heterocycles. The Morgan fingerprint density at radius 3 is 2.47 bits per heavy atom. The van der Waals surface area contributed by atoms with Gasteiger partial charge in [-0.25, -0.2) is 0 Å². The van der Waals surface area contributed by atoms with E-state index in [9.17, 15) is 4.79 Å². The first-order valence-electron chi connectivity index (χ1n) is 7.82. The number of hydrogen-bond acceptors (Lipinski definition) is 3. The topological polar surface area (TPSA) is 23.6 Å². The van der Waals surface area contributed by atoms with Gasteiger partial charge in [0.15, 0.2) is 0 Å². The van der Waals surface area contributed by atoms with Crippen molar-refractivity contribution in [3.05, 3.63) is 0 Å². The second kappa shape index (κ2) is 5.92. The molecule has 2 fully saturated rings. The molecular formula is C16H30N2O. The van der Waals surface area contributed by atoms with E-state index in [1.165, 1.54) is 19.3 Å². The molecular weight excluding hydrogens is 236 g/mol. The fraction of sp³-hybridized carbons (Fsp3) is 0.938. The molecule has 19 heavy (non-hydrogen) atoms. The largest absolute Gasteiger partial charge is 0.304 e. The Labute approximate surface area is 118 Å². The van der Waals surface area contributed by atoms with E-state index in [0.29, 0.717) is 11.3 Å². The normalized spacial score (nSPS) is 30.7. The summed E-state index contributed by atoms with van der Waals surface area (Å²) in [6.07, 6.45) is 6.96. The van der Waals surface area contributed by atoms with Crippen LogP contribution in [0.3, 0.4) is 0 Å². The van der Waals surface area contributed by atoms with Gasteiger partial charge in [0.2, 0.25) is 0 Å². The van der Waals surface area contributed by atoms with Gasteiger partial charge < -0.3 is 9.80 Å². The molecule has 0 saturated heterocycles. The van der Waals surface area contributed by atoms with Gasteiger partial charge in [0, 0.05) is 31.0 Å². The van der Waals surface area contributed by atoms with Crippen molar-refractivity contribution in [3.63, 3.8) is 0 Å². The molecule has 0 N–H and O–H groups in total. The molecule has 2 aliphatic carbocycles. The molecule has 2 unspecified atom stereocenters. The lowest BCUT2D eigenvalue weighted by Crippen LogP contribution is -2.57. The first-order chi connectivity index (χ1) is 8.93. The maximum atomic E-state index is 12.0. The van der Waals surface area contributed by atoms with Crippen molar-refractivity contribution >= 4 is 5.78 Å². The Hall–Kier alpha value is -0.410. The predicted octanol–water partition coefficient (Wildman–Crippen LogP) is 2.41. The van der Waals surface area contributed by atoms with E-state index in [1.807, 2.05) is 0 Å². The van der Waals surface area contributed by atoms with Gasteiger partial charge in [0.1, 0.15) is 5.78 Å². The molecule has 0 radical (unpaired) electrons. The molecule has 3 heteroatoms. The third-order valence-corrected chi connectivity index (χ3v) is 5.36. The Balaban J connectivity index is 1.86. The van der Waals surface area contributed by atoms with Crippen LogP contribution in [-0.4, -0.2) is 55.4 Å². The van der Waals surface area contributed by atoms with Crippen LogP contribution in [0.2, 0.25) is 0 Å². The second-order valence-electron chi connectivity index (χ2n) is 7.21. The van der Waals surface area contributed by atoms with E-state index in [4.69, 9.17) is 0 Å². The molecule has 2 atom stereocenters. The fourth-order valence-corrected chi connectivity index (χ4v) is 3.78. The third kappa shape index (κ3) is 3.38. The SMILES string of the molecule is CC1CCC(=O)C(CN(C)CC2(N(C)C)CCC2)C1. The van der Waals surface area contributed by atoms with Gasteiger partial charge in [-0.05, 0) is 59.2 Å². The van der Waals surface area contributed by atoms with Crippen LogP contribution in [0.5, 0.6) is 0 Å². The molecule has 2 aliphatic rings. The third-order valence-electron chi connectivity index (χ3n) is 5.36. The maximum Gasteiger partial charge on any atom is 0.137 e. The summed E-state index contributed by atoms with van der Waals surface area (Å²) in [5.74, 6) is 1.51. The minimum absolute atomic E-state index is 0.285. The van der Waals surface area contributed by atoms with E-state index in [2.05, 4.69) is 37.9 Å². The van der Waals surface area contributed by atoms with Crippen LogP contribution in [0.1, 0.15) is 45.4 Å². The zero-order chi connectivity index (χ0) is 14.0. The van der Waals surface area contributed by atoms with Crippen LogP contribution < -0.4 is 0 Å². The monoisotopic (exact) mass is 266 g/mol. The molecule has 0 heterocycles. The zero-order valence-corrected chi connectivity index (χ0v) is 13.1. The number of carbonyl (C=O) groups excluding carboxylic acids is 1. The lowest BCUT2D eigenvalue weighted by atomic mass is 9.75. The molecule has 2 rings (SSSR count). The minimum Gasteiger partial charge on any atom is -0.304 e. The van der Waals surface area contributed by atoms with Crippen molar-refractivity contribution in [2.24, 2.45) is 11.8 Å². The van der Waals surface area contributed by atoms with Crippen LogP contribution in [0.4, 0.5) is 0 Å². The van der Waals surface area contributed by atoms with Crippen LogP contribution in [0.15, 0.2) is 0 Å². The van der Waals surface area contributed by atoms with Crippen molar-refractivity contribution < 1.29 is 4.79 Å². The van der Waals surface area contributed by atoms with E-state index in [-0.39, 0.29) is 5.92 Å². The average Bonchev–Trinajstić information content (AvgIpc) is 2.28. The van der Waals surface area contributed by atoms with Gasteiger partial charge in [0.05, 0.1) is 0 Å². The van der Waals surface area contributed by atoms with Crippen molar-refractivity contribution in [2.75, 3.05) is 34.2 Å². The van der Waals surface area contributed by atoms with E-state index < -0.39 is 0 Å². The Morgan fingerprint density at radius 1 is 1.26 bits per heavy atom. The first kappa shape index (κ1) is 15.0. The quantitative estimate of drug-likeness (QED) is 0.763. The highest BCUT2D eigenvalue weighted by atomic mass is 16.1. The van der Waals surface area contributed by atoms with Gasteiger partial charge in [-0.2, -0.15) is 0 Å². The lowest BCUT2D eigenvalue weighted by molar-refractivity contribution is -0.126. The predicted molar refractivity (Wildman–Crippen MR) is 79.3 cm³/mol. The van der Waals surface area contributed by atoms with Gasteiger partial charge in [0.25, 0.3) is 0 Å². The van der Waals surface area contributed by atoms with Gasteiger partial charge in [-0.1, -0.05) is 6.92 Å². The Morgan fingerprint density at radius 2 is 1.95 bits per heavy atom. The summed E-state index contributed by atoms with van der Waals surface area (Å²) in [5.41, 5.74) is 0.373. The number of hydrogen-bond donors (Lipinski definition) is 0. The number of Topliss-reactive ketones (excluding diaryl/α,β-unsaturated/α-hetero) is 1. The standard InChI is InChI=1S/C16H30N2O/c1-13-6-7-15(19)14(10-13)11-18(4)12-16(17(2)3)8-5-9-16/h13-14H,5-12H2,1-4H3. The molecule has 0 bridgehead atoms. The van der Waals surface area contributed by atoms with Crippen LogP contribution in [0, 0.1) is 11.8 Å². The molecule has 0 amide bonds. The minimum atomic E-state index is 0.285. The number of nitrogens with zero attached hydrogens (tertiary/aromatic N) is 2. The van der Waals surface area contributed by atoms with Crippen LogP contribution in [0.25, 0.3) is 0 Å². The molecule has 0 spiro atoms. The van der Waals surface area contributed by atoms with Crippen molar-refractivity contribution in [3.8, 4) is 0 Å². The summed E-state index contributed by atoms with van der Waals surface area (Å²) in [4.78, 5) is 16.8. The van der Waals surface area contributed by atoms with Crippen molar-refractivity contribution in [1.82, 2.24) is 9.80 Å². The number of likely N-dealkylation sites (N-methyl/N-ethyl adjacent to an activating group) is 2. The summed E-state index contributed by atoms with van der Waals surface area (Å²) in [5, 5.41) is 0. The molecule has 0 aromatic rings. The molecule has 3 nitrogen and oxygen atoms in total. The molecule has 0 aliphatic heterocycles. The molecule has 0 aromatic carbocycles. The zero-order valence-electron chi connectivity index (χ0n) is 13.1. The molecule has 2 saturated carbocycles. The summed E-state index contributed by atoms with van der Waals surface area (Å²) < 4.78 is 0. The first-order valence-corrected chi connectivity index (χ1v) is 7.82. The number of carbonyl (C=O) groups is 1. The van der Waals surface area contributed by atoms with Crippen LogP contribution in [-0.2, 0) is 4.79 Å². The highest BCUT2D eigenvalue weighted by Gasteiger charge is 2.40. The number of ketones is 1. The highest BCUT2D eigenvalue weighted by Crippen LogP contribution is 2.37.